The molecule has 3 rings (SSSR count). The summed E-state index contributed by atoms with van der Waals surface area (Å²) >= 11 is 6.13. The van der Waals surface area contributed by atoms with Crippen LogP contribution in [0.5, 0.6) is 0 Å². The molecule has 0 radical (unpaired) electrons. The number of halogens is 1. The molecule has 1 atom stereocenters. The number of sulfonamides is 1. The highest BCUT2D eigenvalue weighted by molar-refractivity contribution is 7.92. The van der Waals surface area contributed by atoms with Crippen LogP contribution in [0.15, 0.2) is 83.8 Å². The van der Waals surface area contributed by atoms with Crippen molar-refractivity contribution >= 4 is 39.1 Å². The van der Waals surface area contributed by atoms with Crippen LogP contribution in [0.1, 0.15) is 31.9 Å². The zero-order chi connectivity index (χ0) is 27.2. The van der Waals surface area contributed by atoms with Crippen molar-refractivity contribution < 1.29 is 18.0 Å². The minimum Gasteiger partial charge on any atom is -0.352 e. The van der Waals surface area contributed by atoms with Gasteiger partial charge in [0.1, 0.15) is 12.6 Å². The first-order valence-corrected chi connectivity index (χ1v) is 13.8. The molecule has 1 N–H and O–H groups in total. The predicted octanol–water partition coefficient (Wildman–Crippen LogP) is 4.79. The van der Waals surface area contributed by atoms with Crippen LogP contribution in [0.4, 0.5) is 5.69 Å². The molecule has 0 heterocycles. The lowest BCUT2D eigenvalue weighted by atomic mass is 10.1. The first-order chi connectivity index (χ1) is 17.5. The quantitative estimate of drug-likeness (QED) is 0.400. The fourth-order valence-corrected chi connectivity index (χ4v) is 5.63. The third-order valence-electron chi connectivity index (χ3n) is 5.83. The smallest absolute Gasteiger partial charge is 0.264 e. The van der Waals surface area contributed by atoms with Crippen LogP contribution in [0.2, 0.25) is 5.02 Å². The van der Waals surface area contributed by atoms with E-state index in [1.165, 1.54) is 17.0 Å². The molecule has 0 bridgehead atoms. The Kier molecular flexibility index (Phi) is 9.34. The van der Waals surface area contributed by atoms with Gasteiger partial charge in [0.2, 0.25) is 11.8 Å². The van der Waals surface area contributed by atoms with Crippen molar-refractivity contribution in [3.8, 4) is 0 Å². The summed E-state index contributed by atoms with van der Waals surface area (Å²) in [6, 6.07) is 21.1. The van der Waals surface area contributed by atoms with Crippen LogP contribution < -0.4 is 9.62 Å². The van der Waals surface area contributed by atoms with E-state index < -0.39 is 28.5 Å². The summed E-state index contributed by atoms with van der Waals surface area (Å²) in [6.45, 7) is 6.70. The van der Waals surface area contributed by atoms with E-state index in [0.29, 0.717) is 16.3 Å². The van der Waals surface area contributed by atoms with Gasteiger partial charge in [0, 0.05) is 17.6 Å². The maximum absolute atomic E-state index is 13.8. The van der Waals surface area contributed by atoms with E-state index in [1.807, 2.05) is 44.2 Å². The van der Waals surface area contributed by atoms with Crippen LogP contribution in [0.25, 0.3) is 0 Å². The molecule has 37 heavy (non-hydrogen) atoms. The fraction of sp³-hybridized carbons (Fsp3) is 0.286. The highest BCUT2D eigenvalue weighted by Crippen LogP contribution is 2.29. The van der Waals surface area contributed by atoms with Crippen molar-refractivity contribution in [1.29, 1.82) is 0 Å². The van der Waals surface area contributed by atoms with Crippen molar-refractivity contribution in [2.24, 2.45) is 0 Å². The van der Waals surface area contributed by atoms with Gasteiger partial charge in [-0.2, -0.15) is 0 Å². The number of anilines is 1. The first kappa shape index (κ1) is 28.2. The molecular weight excluding hydrogens is 510 g/mol. The summed E-state index contributed by atoms with van der Waals surface area (Å²) in [7, 11) is -4.11. The topological polar surface area (TPSA) is 86.8 Å². The highest BCUT2D eigenvalue weighted by Gasteiger charge is 2.33. The van der Waals surface area contributed by atoms with Gasteiger partial charge in [-0.05, 0) is 69.2 Å². The molecule has 0 saturated heterocycles. The zero-order valence-corrected chi connectivity index (χ0v) is 23.0. The number of carbonyl (C=O) groups excluding carboxylic acids is 2. The molecule has 196 valence electrons. The molecule has 0 aromatic heterocycles. The van der Waals surface area contributed by atoms with Gasteiger partial charge in [-0.3, -0.25) is 13.9 Å². The number of benzene rings is 3. The molecule has 0 spiro atoms. The van der Waals surface area contributed by atoms with Gasteiger partial charge in [0.25, 0.3) is 10.0 Å². The summed E-state index contributed by atoms with van der Waals surface area (Å²) < 4.78 is 28.6. The van der Waals surface area contributed by atoms with Gasteiger partial charge in [-0.15, -0.1) is 0 Å². The van der Waals surface area contributed by atoms with Crippen LogP contribution in [-0.2, 0) is 26.2 Å². The minimum atomic E-state index is -4.11. The number of rotatable bonds is 10. The lowest BCUT2D eigenvalue weighted by Crippen LogP contribution is -2.52. The molecule has 0 saturated carbocycles. The molecule has 3 aromatic carbocycles. The minimum absolute atomic E-state index is 0.0531. The summed E-state index contributed by atoms with van der Waals surface area (Å²) in [6.07, 6.45) is 0. The van der Waals surface area contributed by atoms with E-state index in [4.69, 9.17) is 11.6 Å². The van der Waals surface area contributed by atoms with E-state index in [-0.39, 0.29) is 23.4 Å². The van der Waals surface area contributed by atoms with Gasteiger partial charge < -0.3 is 10.2 Å². The third-order valence-corrected chi connectivity index (χ3v) is 7.84. The van der Waals surface area contributed by atoms with Gasteiger partial charge in [0.05, 0.1) is 10.6 Å². The molecule has 9 heteroatoms. The second kappa shape index (κ2) is 12.3. The first-order valence-electron chi connectivity index (χ1n) is 12.0. The summed E-state index contributed by atoms with van der Waals surface area (Å²) in [5.41, 5.74) is 1.75. The normalized spacial score (nSPS) is 12.2. The van der Waals surface area contributed by atoms with Gasteiger partial charge in [0.15, 0.2) is 0 Å². The molecule has 2 amide bonds. The van der Waals surface area contributed by atoms with Crippen LogP contribution in [0.3, 0.4) is 0 Å². The highest BCUT2D eigenvalue weighted by atomic mass is 35.5. The zero-order valence-electron chi connectivity index (χ0n) is 21.4. The van der Waals surface area contributed by atoms with Gasteiger partial charge in [-0.25, -0.2) is 8.42 Å². The van der Waals surface area contributed by atoms with Crippen molar-refractivity contribution in [1.82, 2.24) is 10.2 Å². The predicted molar refractivity (Wildman–Crippen MR) is 147 cm³/mol. The Bertz CT molecular complexity index is 1330. The van der Waals surface area contributed by atoms with E-state index >= 15 is 0 Å². The van der Waals surface area contributed by atoms with Crippen LogP contribution in [0, 0.1) is 6.92 Å². The Balaban J connectivity index is 2.04. The van der Waals surface area contributed by atoms with Gasteiger partial charge >= 0.3 is 0 Å². The standard InChI is InChI=1S/C28H32ClN3O4S/c1-20(2)30-28(34)22(4)31(18-23-11-7-5-8-12-23)27(33)19-32(26-16-15-24(29)17-21(26)3)37(35,36)25-13-9-6-10-14-25/h5-17,20,22H,18-19H2,1-4H3,(H,30,34)/t22-/m0/s1. The number of hydrogen-bond donors (Lipinski definition) is 1. The Morgan fingerprint density at radius 3 is 2.08 bits per heavy atom. The Hall–Kier alpha value is -3.36. The summed E-state index contributed by atoms with van der Waals surface area (Å²) in [5, 5.41) is 3.29. The van der Waals surface area contributed by atoms with Crippen LogP contribution in [-0.4, -0.2) is 43.8 Å². The van der Waals surface area contributed by atoms with Crippen molar-refractivity contribution in [2.75, 3.05) is 10.8 Å². The SMILES string of the molecule is Cc1cc(Cl)ccc1N(CC(=O)N(Cc1ccccc1)[C@@H](C)C(=O)NC(C)C)S(=O)(=O)c1ccccc1. The molecule has 0 aliphatic rings. The summed E-state index contributed by atoms with van der Waals surface area (Å²) in [5.74, 6) is -0.830. The van der Waals surface area contributed by atoms with E-state index in [2.05, 4.69) is 5.32 Å². The summed E-state index contributed by atoms with van der Waals surface area (Å²) in [4.78, 5) is 28.2. The number of aryl methyl sites for hydroxylation is 1. The second-order valence-electron chi connectivity index (χ2n) is 9.10. The van der Waals surface area contributed by atoms with Crippen molar-refractivity contribution in [3.63, 3.8) is 0 Å². The fourth-order valence-electron chi connectivity index (χ4n) is 3.90. The molecule has 0 aliphatic carbocycles. The second-order valence-corrected chi connectivity index (χ2v) is 11.4. The number of nitrogens with zero attached hydrogens (tertiary/aromatic N) is 2. The third kappa shape index (κ3) is 7.11. The monoisotopic (exact) mass is 541 g/mol. The molecule has 0 aliphatic heterocycles. The number of nitrogens with one attached hydrogen (secondary N) is 1. The maximum Gasteiger partial charge on any atom is 0.264 e. The molecule has 3 aromatic rings. The van der Waals surface area contributed by atoms with Crippen molar-refractivity contribution in [3.05, 3.63) is 95.0 Å². The van der Waals surface area contributed by atoms with Gasteiger partial charge in [-0.1, -0.05) is 60.1 Å². The number of carbonyl (C=O) groups is 2. The van der Waals surface area contributed by atoms with Crippen molar-refractivity contribution in [2.45, 2.75) is 51.2 Å². The van der Waals surface area contributed by atoms with E-state index in [1.54, 1.807) is 50.2 Å². The average Bonchev–Trinajstić information content (AvgIpc) is 2.86. The Labute approximate surface area is 224 Å². The largest absolute Gasteiger partial charge is 0.352 e. The molecule has 7 nitrogen and oxygen atoms in total. The molecular formula is C28H32ClN3O4S. The van der Waals surface area contributed by atoms with E-state index in [0.717, 1.165) is 9.87 Å². The Morgan fingerprint density at radius 2 is 1.51 bits per heavy atom. The average molecular weight is 542 g/mol. The lowest BCUT2D eigenvalue weighted by Gasteiger charge is -2.32. The maximum atomic E-state index is 13.8. The molecule has 0 unspecified atom stereocenters. The van der Waals surface area contributed by atoms with Crippen LogP contribution >= 0.6 is 11.6 Å². The molecule has 0 fully saturated rings. The van der Waals surface area contributed by atoms with E-state index in [9.17, 15) is 18.0 Å². The number of amides is 2. The Morgan fingerprint density at radius 1 is 0.919 bits per heavy atom. The number of hydrogen-bond acceptors (Lipinski definition) is 4. The lowest BCUT2D eigenvalue weighted by molar-refractivity contribution is -0.139.